The maximum absolute atomic E-state index is 5.37. The van der Waals surface area contributed by atoms with E-state index in [0.29, 0.717) is 38.7 Å². The van der Waals surface area contributed by atoms with Gasteiger partial charge in [-0.1, -0.05) is 0 Å². The van der Waals surface area contributed by atoms with Crippen molar-refractivity contribution in [1.29, 1.82) is 0 Å². The minimum atomic E-state index is 0.532. The van der Waals surface area contributed by atoms with E-state index in [1.54, 1.807) is 0 Å². The van der Waals surface area contributed by atoms with E-state index < -0.39 is 0 Å². The smallest absolute Gasteiger partial charge is 0.0701 e. The number of rotatable bonds is 7. The molecule has 0 heterocycles. The van der Waals surface area contributed by atoms with Gasteiger partial charge in [-0.15, -0.1) is 23.9 Å². The van der Waals surface area contributed by atoms with Crippen LogP contribution in [0.3, 0.4) is 0 Å². The highest BCUT2D eigenvalue weighted by molar-refractivity contribution is 6.17. The minimum absolute atomic E-state index is 0.532. The molecule has 0 aromatic heterocycles. The molecule has 0 spiro atoms. The average molecular weight is 177 g/mol. The molecule has 0 aromatic rings. The Kier molecular flexibility index (Phi) is 9.57. The zero-order chi connectivity index (χ0) is 8.36. The molecule has 3 heteroatoms. The van der Waals surface area contributed by atoms with Gasteiger partial charge in [0.2, 0.25) is 0 Å². The summed E-state index contributed by atoms with van der Waals surface area (Å²) in [4.78, 5) is 0. The van der Waals surface area contributed by atoms with E-state index >= 15 is 0 Å². The summed E-state index contributed by atoms with van der Waals surface area (Å²) in [5.74, 6) is 3.01. The number of ether oxygens (including phenoxy) is 2. The van der Waals surface area contributed by atoms with E-state index in [1.165, 1.54) is 0 Å². The van der Waals surface area contributed by atoms with Crippen molar-refractivity contribution < 1.29 is 9.47 Å². The Morgan fingerprint density at radius 2 is 1.73 bits per heavy atom. The second-order valence-corrected chi connectivity index (χ2v) is 2.25. The minimum Gasteiger partial charge on any atom is -0.378 e. The molecule has 0 saturated heterocycles. The predicted octanol–water partition coefficient (Wildman–Crippen LogP) is 1.28. The lowest BCUT2D eigenvalue weighted by Crippen LogP contribution is -2.06. The van der Waals surface area contributed by atoms with Crippen molar-refractivity contribution in [2.24, 2.45) is 0 Å². The van der Waals surface area contributed by atoms with Crippen LogP contribution in [0.5, 0.6) is 0 Å². The van der Waals surface area contributed by atoms with Crippen LogP contribution in [-0.4, -0.2) is 32.3 Å². The van der Waals surface area contributed by atoms with Crippen LogP contribution < -0.4 is 0 Å². The first-order valence-corrected chi connectivity index (χ1v) is 4.10. The summed E-state index contributed by atoms with van der Waals surface area (Å²) >= 11 is 5.37. The summed E-state index contributed by atoms with van der Waals surface area (Å²) in [6.07, 6.45) is 5.67. The van der Waals surface area contributed by atoms with Crippen LogP contribution >= 0.6 is 11.6 Å². The standard InChI is InChI=1S/C8H13ClO2/c1-2-3-5-10-7-8-11-6-4-9/h1H,3-8H2. The Balaban J connectivity index is 2.75. The Morgan fingerprint density at radius 3 is 2.27 bits per heavy atom. The van der Waals surface area contributed by atoms with Crippen LogP contribution in [0.25, 0.3) is 0 Å². The summed E-state index contributed by atoms with van der Waals surface area (Å²) in [5, 5.41) is 0. The molecule has 0 amide bonds. The second kappa shape index (κ2) is 9.77. The first-order chi connectivity index (χ1) is 5.41. The van der Waals surface area contributed by atoms with Crippen molar-refractivity contribution in [3.8, 4) is 12.3 Å². The molecule has 0 saturated carbocycles. The highest BCUT2D eigenvalue weighted by atomic mass is 35.5. The van der Waals surface area contributed by atoms with Crippen LogP contribution in [0.4, 0.5) is 0 Å². The lowest BCUT2D eigenvalue weighted by atomic mass is 10.5. The summed E-state index contributed by atoms with van der Waals surface area (Å²) in [6.45, 7) is 2.39. The van der Waals surface area contributed by atoms with Gasteiger partial charge in [0, 0.05) is 12.3 Å². The topological polar surface area (TPSA) is 18.5 Å². The third kappa shape index (κ3) is 9.77. The Hall–Kier alpha value is -0.230. The van der Waals surface area contributed by atoms with Crippen molar-refractivity contribution in [1.82, 2.24) is 0 Å². The van der Waals surface area contributed by atoms with Gasteiger partial charge < -0.3 is 9.47 Å². The first kappa shape index (κ1) is 10.8. The predicted molar refractivity (Wildman–Crippen MR) is 45.8 cm³/mol. The fourth-order valence-electron chi connectivity index (χ4n) is 0.508. The molecule has 0 aliphatic heterocycles. The van der Waals surface area contributed by atoms with Gasteiger partial charge >= 0.3 is 0 Å². The van der Waals surface area contributed by atoms with Crippen LogP contribution in [0.2, 0.25) is 0 Å². The van der Waals surface area contributed by atoms with Crippen molar-refractivity contribution in [3.63, 3.8) is 0 Å². The van der Waals surface area contributed by atoms with Crippen molar-refractivity contribution >= 4 is 11.6 Å². The van der Waals surface area contributed by atoms with E-state index in [2.05, 4.69) is 5.92 Å². The van der Waals surface area contributed by atoms with Gasteiger partial charge in [-0.25, -0.2) is 0 Å². The number of halogens is 1. The molecule has 0 atom stereocenters. The molecule has 0 rings (SSSR count). The van der Waals surface area contributed by atoms with Gasteiger partial charge in [-0.2, -0.15) is 0 Å². The van der Waals surface area contributed by atoms with Gasteiger partial charge in [0.15, 0.2) is 0 Å². The number of hydrogen-bond donors (Lipinski definition) is 0. The number of alkyl halides is 1. The molecule has 0 fully saturated rings. The van der Waals surface area contributed by atoms with Crippen LogP contribution in [-0.2, 0) is 9.47 Å². The quantitative estimate of drug-likeness (QED) is 0.331. The molecule has 11 heavy (non-hydrogen) atoms. The highest BCUT2D eigenvalue weighted by Crippen LogP contribution is 1.82. The fraction of sp³-hybridized carbons (Fsp3) is 0.750. The molecule has 0 bridgehead atoms. The van der Waals surface area contributed by atoms with Gasteiger partial charge in [0.05, 0.1) is 26.4 Å². The Labute approximate surface area is 72.8 Å². The fourth-order valence-corrected chi connectivity index (χ4v) is 0.617. The molecular weight excluding hydrogens is 164 g/mol. The molecule has 0 aliphatic rings. The van der Waals surface area contributed by atoms with Crippen LogP contribution in [0.1, 0.15) is 6.42 Å². The van der Waals surface area contributed by atoms with Crippen molar-refractivity contribution in [3.05, 3.63) is 0 Å². The maximum atomic E-state index is 5.37. The number of terminal acetylenes is 1. The summed E-state index contributed by atoms with van der Waals surface area (Å²) in [6, 6.07) is 0. The largest absolute Gasteiger partial charge is 0.378 e. The maximum Gasteiger partial charge on any atom is 0.0701 e. The summed E-state index contributed by atoms with van der Waals surface area (Å²) in [7, 11) is 0. The van der Waals surface area contributed by atoms with Gasteiger partial charge in [-0.3, -0.25) is 0 Å². The molecule has 0 radical (unpaired) electrons. The van der Waals surface area contributed by atoms with Gasteiger partial charge in [-0.05, 0) is 0 Å². The van der Waals surface area contributed by atoms with Gasteiger partial charge in [0.1, 0.15) is 0 Å². The van der Waals surface area contributed by atoms with E-state index in [1.807, 2.05) is 0 Å². The number of hydrogen-bond acceptors (Lipinski definition) is 2. The SMILES string of the molecule is C#CCCOCCOCCCl. The molecule has 2 nitrogen and oxygen atoms in total. The highest BCUT2D eigenvalue weighted by Gasteiger charge is 1.87. The second-order valence-electron chi connectivity index (χ2n) is 1.87. The van der Waals surface area contributed by atoms with E-state index in [0.717, 1.165) is 0 Å². The van der Waals surface area contributed by atoms with E-state index in [4.69, 9.17) is 27.5 Å². The summed E-state index contributed by atoms with van der Waals surface area (Å²) < 4.78 is 10.2. The van der Waals surface area contributed by atoms with E-state index in [9.17, 15) is 0 Å². The molecular formula is C8H13ClO2. The first-order valence-electron chi connectivity index (χ1n) is 3.56. The molecule has 0 aliphatic carbocycles. The Morgan fingerprint density at radius 1 is 1.09 bits per heavy atom. The monoisotopic (exact) mass is 176 g/mol. The van der Waals surface area contributed by atoms with Crippen molar-refractivity contribution in [2.45, 2.75) is 6.42 Å². The van der Waals surface area contributed by atoms with E-state index in [-0.39, 0.29) is 0 Å². The average Bonchev–Trinajstić information content (AvgIpc) is 2.03. The molecule has 0 unspecified atom stereocenters. The van der Waals surface area contributed by atoms with Gasteiger partial charge in [0.25, 0.3) is 0 Å². The Bertz CT molecular complexity index is 109. The lowest BCUT2D eigenvalue weighted by molar-refractivity contribution is 0.0560. The molecule has 0 aromatic carbocycles. The third-order valence-corrected chi connectivity index (χ3v) is 1.14. The summed E-state index contributed by atoms with van der Waals surface area (Å²) in [5.41, 5.74) is 0. The zero-order valence-corrected chi connectivity index (χ0v) is 7.27. The van der Waals surface area contributed by atoms with Crippen molar-refractivity contribution in [2.75, 3.05) is 32.3 Å². The lowest BCUT2D eigenvalue weighted by Gasteiger charge is -2.01. The van der Waals surface area contributed by atoms with Crippen LogP contribution in [0.15, 0.2) is 0 Å². The zero-order valence-electron chi connectivity index (χ0n) is 6.51. The van der Waals surface area contributed by atoms with Crippen LogP contribution in [0, 0.1) is 12.3 Å². The third-order valence-electron chi connectivity index (χ3n) is 0.984. The molecule has 64 valence electrons. The molecule has 0 N–H and O–H groups in total. The normalized spacial score (nSPS) is 9.45.